The Labute approximate surface area is 135 Å². The smallest absolute Gasteiger partial charge is 0.321 e. The molecule has 0 heterocycles. The van der Waals surface area contributed by atoms with Gasteiger partial charge in [-0.25, -0.2) is 4.39 Å². The van der Waals surface area contributed by atoms with E-state index >= 15 is 0 Å². The van der Waals surface area contributed by atoms with Crippen LogP contribution in [0, 0.1) is 15.9 Å². The molecule has 0 fully saturated rings. The highest BCUT2D eigenvalue weighted by molar-refractivity contribution is 8.00. The van der Waals surface area contributed by atoms with Crippen LogP contribution in [0.15, 0.2) is 47.4 Å². The van der Waals surface area contributed by atoms with Crippen LogP contribution in [0.1, 0.15) is 0 Å². The van der Waals surface area contributed by atoms with Crippen molar-refractivity contribution in [1.82, 2.24) is 0 Å². The zero-order valence-corrected chi connectivity index (χ0v) is 12.8. The average Bonchev–Trinajstić information content (AvgIpc) is 2.54. The molecule has 2 rings (SSSR count). The number of carbonyl (C=O) groups excluding carboxylic acids is 1. The first-order valence-electron chi connectivity index (χ1n) is 6.41. The molecule has 0 N–H and O–H groups in total. The van der Waals surface area contributed by atoms with Crippen molar-refractivity contribution in [3.63, 3.8) is 0 Å². The van der Waals surface area contributed by atoms with Crippen molar-refractivity contribution in [1.29, 1.82) is 0 Å². The predicted molar refractivity (Wildman–Crippen MR) is 82.4 cm³/mol. The van der Waals surface area contributed by atoms with E-state index in [0.29, 0.717) is 4.90 Å². The van der Waals surface area contributed by atoms with Gasteiger partial charge in [-0.05, 0) is 36.4 Å². The number of nitro benzene ring substituents is 1. The third-order valence-corrected chi connectivity index (χ3v) is 3.74. The Morgan fingerprint density at radius 3 is 2.57 bits per heavy atom. The van der Waals surface area contributed by atoms with Crippen molar-refractivity contribution in [3.05, 3.63) is 58.4 Å². The van der Waals surface area contributed by atoms with Crippen molar-refractivity contribution in [2.75, 3.05) is 12.9 Å². The summed E-state index contributed by atoms with van der Waals surface area (Å²) in [6, 6.07) is 9.56. The van der Waals surface area contributed by atoms with Crippen LogP contribution >= 0.6 is 11.8 Å². The monoisotopic (exact) mass is 337 g/mol. The zero-order valence-electron chi connectivity index (χ0n) is 12.0. The van der Waals surface area contributed by atoms with E-state index in [0.717, 1.165) is 11.8 Å². The maximum atomic E-state index is 12.8. The van der Waals surface area contributed by atoms with Gasteiger partial charge < -0.3 is 9.47 Å². The van der Waals surface area contributed by atoms with Crippen LogP contribution in [0.3, 0.4) is 0 Å². The van der Waals surface area contributed by atoms with Gasteiger partial charge in [0.25, 0.3) is 0 Å². The molecule has 0 aliphatic rings. The van der Waals surface area contributed by atoms with Gasteiger partial charge >= 0.3 is 11.7 Å². The first-order chi connectivity index (χ1) is 11.0. The van der Waals surface area contributed by atoms with E-state index in [1.54, 1.807) is 0 Å². The number of esters is 1. The topological polar surface area (TPSA) is 78.7 Å². The average molecular weight is 337 g/mol. The van der Waals surface area contributed by atoms with Gasteiger partial charge in [0.05, 0.1) is 23.9 Å². The third kappa shape index (κ3) is 4.68. The maximum Gasteiger partial charge on any atom is 0.321 e. The molecule has 0 amide bonds. The second-order valence-corrected chi connectivity index (χ2v) is 5.36. The van der Waals surface area contributed by atoms with Crippen molar-refractivity contribution in [2.45, 2.75) is 4.90 Å². The fraction of sp³-hybridized carbons (Fsp3) is 0.133. The van der Waals surface area contributed by atoms with Crippen LogP contribution in [-0.4, -0.2) is 23.8 Å². The number of ether oxygens (including phenoxy) is 2. The van der Waals surface area contributed by atoms with Crippen LogP contribution in [0.2, 0.25) is 0 Å². The highest BCUT2D eigenvalue weighted by Crippen LogP contribution is 2.31. The Morgan fingerprint density at radius 1 is 1.26 bits per heavy atom. The lowest BCUT2D eigenvalue weighted by Crippen LogP contribution is -2.11. The Balaban J connectivity index is 2.02. The first kappa shape index (κ1) is 16.8. The molecule has 0 aliphatic heterocycles. The Bertz CT molecular complexity index is 720. The standard InChI is InChI=1S/C15H12FNO5S/c1-21-11-4-7-14(13(8-11)17(19)20)22-15(18)9-23-12-5-2-10(16)3-6-12/h2-8H,9H2,1H3. The van der Waals surface area contributed by atoms with Crippen LogP contribution in [0.5, 0.6) is 11.5 Å². The lowest BCUT2D eigenvalue weighted by atomic mass is 10.3. The number of nitro groups is 1. The Kier molecular flexibility index (Phi) is 5.53. The second kappa shape index (κ2) is 7.59. The van der Waals surface area contributed by atoms with Gasteiger partial charge in [0.15, 0.2) is 0 Å². The van der Waals surface area contributed by atoms with E-state index in [-0.39, 0.29) is 28.8 Å². The van der Waals surface area contributed by atoms with Gasteiger partial charge in [0.1, 0.15) is 11.6 Å². The molecule has 2 aromatic carbocycles. The van der Waals surface area contributed by atoms with Gasteiger partial charge in [-0.15, -0.1) is 11.8 Å². The summed E-state index contributed by atoms with van der Waals surface area (Å²) in [6.07, 6.45) is 0. The minimum Gasteiger partial charge on any atom is -0.496 e. The number of carbonyl (C=O) groups is 1. The van der Waals surface area contributed by atoms with E-state index < -0.39 is 10.9 Å². The number of halogens is 1. The summed E-state index contributed by atoms with van der Waals surface area (Å²) in [5.41, 5.74) is -0.357. The second-order valence-electron chi connectivity index (χ2n) is 4.31. The fourth-order valence-corrected chi connectivity index (χ4v) is 2.35. The number of thioether (sulfide) groups is 1. The van der Waals surface area contributed by atoms with E-state index in [2.05, 4.69) is 0 Å². The quantitative estimate of drug-likeness (QED) is 0.264. The van der Waals surface area contributed by atoms with Crippen molar-refractivity contribution in [3.8, 4) is 11.5 Å². The molecular weight excluding hydrogens is 325 g/mol. The molecule has 120 valence electrons. The summed E-state index contributed by atoms with van der Waals surface area (Å²) in [6.45, 7) is 0. The summed E-state index contributed by atoms with van der Waals surface area (Å²) in [5, 5.41) is 11.0. The summed E-state index contributed by atoms with van der Waals surface area (Å²) < 4.78 is 22.7. The van der Waals surface area contributed by atoms with E-state index in [1.165, 1.54) is 49.6 Å². The number of hydrogen-bond acceptors (Lipinski definition) is 6. The number of benzene rings is 2. The van der Waals surface area contributed by atoms with Crippen LogP contribution in [0.25, 0.3) is 0 Å². The normalized spacial score (nSPS) is 10.2. The van der Waals surface area contributed by atoms with Crippen molar-refractivity contribution < 1.29 is 23.6 Å². The predicted octanol–water partition coefficient (Wildman–Crippen LogP) is 3.44. The van der Waals surface area contributed by atoms with Gasteiger partial charge in [-0.2, -0.15) is 0 Å². The molecule has 6 nitrogen and oxygen atoms in total. The molecule has 2 aromatic rings. The fourth-order valence-electron chi connectivity index (χ4n) is 1.68. The molecule has 0 bridgehead atoms. The van der Waals surface area contributed by atoms with E-state index in [9.17, 15) is 19.3 Å². The number of methoxy groups -OCH3 is 1. The molecule has 0 aromatic heterocycles. The molecule has 0 radical (unpaired) electrons. The number of nitrogens with zero attached hydrogens (tertiary/aromatic N) is 1. The third-order valence-electron chi connectivity index (χ3n) is 2.76. The zero-order chi connectivity index (χ0) is 16.8. The molecule has 0 saturated carbocycles. The largest absolute Gasteiger partial charge is 0.496 e. The van der Waals surface area contributed by atoms with Gasteiger partial charge in [-0.3, -0.25) is 14.9 Å². The van der Waals surface area contributed by atoms with Crippen LogP contribution in [0.4, 0.5) is 10.1 Å². The van der Waals surface area contributed by atoms with E-state index in [1.807, 2.05) is 0 Å². The van der Waals surface area contributed by atoms with Crippen molar-refractivity contribution >= 4 is 23.4 Å². The lowest BCUT2D eigenvalue weighted by Gasteiger charge is -2.06. The van der Waals surface area contributed by atoms with Gasteiger partial charge in [0.2, 0.25) is 5.75 Å². The maximum absolute atomic E-state index is 12.8. The summed E-state index contributed by atoms with van der Waals surface area (Å²) >= 11 is 1.14. The van der Waals surface area contributed by atoms with Crippen molar-refractivity contribution in [2.24, 2.45) is 0 Å². The van der Waals surface area contributed by atoms with Gasteiger partial charge in [0, 0.05) is 4.90 Å². The summed E-state index contributed by atoms with van der Waals surface area (Å²) in [4.78, 5) is 22.8. The summed E-state index contributed by atoms with van der Waals surface area (Å²) in [5.74, 6) is -0.939. The molecule has 23 heavy (non-hydrogen) atoms. The minimum atomic E-state index is -0.655. The molecule has 0 aliphatic carbocycles. The van der Waals surface area contributed by atoms with Crippen LogP contribution < -0.4 is 9.47 Å². The molecule has 0 saturated heterocycles. The molecule has 8 heteroatoms. The Morgan fingerprint density at radius 2 is 1.96 bits per heavy atom. The minimum absolute atomic E-state index is 0.0607. The molecule has 0 spiro atoms. The van der Waals surface area contributed by atoms with E-state index in [4.69, 9.17) is 9.47 Å². The first-order valence-corrected chi connectivity index (χ1v) is 7.39. The number of rotatable bonds is 6. The summed E-state index contributed by atoms with van der Waals surface area (Å²) in [7, 11) is 1.38. The highest BCUT2D eigenvalue weighted by atomic mass is 32.2. The SMILES string of the molecule is COc1ccc(OC(=O)CSc2ccc(F)cc2)c([N+](=O)[O-])c1. The molecule has 0 unspecified atom stereocenters. The lowest BCUT2D eigenvalue weighted by molar-refractivity contribution is -0.385. The molecular formula is C15H12FNO5S. The highest BCUT2D eigenvalue weighted by Gasteiger charge is 2.19. The molecule has 0 atom stereocenters. The van der Waals surface area contributed by atoms with Crippen LogP contribution in [-0.2, 0) is 4.79 Å². The number of hydrogen-bond donors (Lipinski definition) is 0. The Hall–Kier alpha value is -2.61. The van der Waals surface area contributed by atoms with Gasteiger partial charge in [-0.1, -0.05) is 0 Å².